The maximum atomic E-state index is 12.3. The van der Waals surface area contributed by atoms with E-state index in [0.29, 0.717) is 5.69 Å². The zero-order chi connectivity index (χ0) is 13.9. The number of aryl methyl sites for hydroxylation is 2. The highest BCUT2D eigenvalue weighted by Crippen LogP contribution is 2.24. The molecule has 0 radical (unpaired) electrons. The first kappa shape index (κ1) is 12.9. The van der Waals surface area contributed by atoms with Gasteiger partial charge in [0, 0.05) is 17.7 Å². The molecule has 4 nitrogen and oxygen atoms in total. The Hall–Kier alpha value is -2.10. The average Bonchev–Trinajstić information content (AvgIpc) is 2.91. The summed E-state index contributed by atoms with van der Waals surface area (Å²) in [6, 6.07) is 7.88. The van der Waals surface area contributed by atoms with Crippen LogP contribution < -0.4 is 5.32 Å². The van der Waals surface area contributed by atoms with Gasteiger partial charge in [0.2, 0.25) is 0 Å². The zero-order valence-electron chi connectivity index (χ0n) is 11.6. The van der Waals surface area contributed by atoms with E-state index in [2.05, 4.69) is 17.4 Å². The van der Waals surface area contributed by atoms with Crippen molar-refractivity contribution in [1.82, 2.24) is 5.16 Å². The van der Waals surface area contributed by atoms with E-state index in [1.807, 2.05) is 24.3 Å². The van der Waals surface area contributed by atoms with Crippen molar-refractivity contribution in [3.63, 3.8) is 0 Å². The number of carbonyl (C=O) groups excluding carboxylic acids is 1. The minimum absolute atomic E-state index is 0.176. The SMILES string of the molecule is CCc1cccc(NC(=O)c2noc3c2CCCC3)c1. The van der Waals surface area contributed by atoms with Gasteiger partial charge in [-0.15, -0.1) is 0 Å². The first-order valence-electron chi connectivity index (χ1n) is 7.15. The summed E-state index contributed by atoms with van der Waals surface area (Å²) in [5, 5.41) is 6.86. The minimum Gasteiger partial charge on any atom is -0.360 e. The quantitative estimate of drug-likeness (QED) is 0.930. The predicted molar refractivity (Wildman–Crippen MR) is 76.9 cm³/mol. The Morgan fingerprint density at radius 2 is 2.20 bits per heavy atom. The van der Waals surface area contributed by atoms with Gasteiger partial charge in [-0.3, -0.25) is 4.79 Å². The number of carbonyl (C=O) groups is 1. The zero-order valence-corrected chi connectivity index (χ0v) is 11.6. The van der Waals surface area contributed by atoms with Crippen LogP contribution in [0, 0.1) is 0 Å². The van der Waals surface area contributed by atoms with E-state index in [0.717, 1.165) is 49.1 Å². The summed E-state index contributed by atoms with van der Waals surface area (Å²) in [7, 11) is 0. The first-order chi connectivity index (χ1) is 9.78. The second-order valence-electron chi connectivity index (χ2n) is 5.15. The van der Waals surface area contributed by atoms with Gasteiger partial charge in [0.1, 0.15) is 5.76 Å². The van der Waals surface area contributed by atoms with Crippen LogP contribution in [0.4, 0.5) is 5.69 Å². The number of nitrogens with zero attached hydrogens (tertiary/aromatic N) is 1. The highest BCUT2D eigenvalue weighted by atomic mass is 16.5. The maximum absolute atomic E-state index is 12.3. The van der Waals surface area contributed by atoms with Crippen LogP contribution >= 0.6 is 0 Å². The molecule has 0 bridgehead atoms. The second-order valence-corrected chi connectivity index (χ2v) is 5.15. The highest BCUT2D eigenvalue weighted by molar-refractivity contribution is 6.04. The van der Waals surface area contributed by atoms with Crippen molar-refractivity contribution >= 4 is 11.6 Å². The lowest BCUT2D eigenvalue weighted by atomic mass is 9.96. The number of aromatic nitrogens is 1. The number of benzene rings is 1. The summed E-state index contributed by atoms with van der Waals surface area (Å²) in [4.78, 5) is 12.3. The molecule has 4 heteroatoms. The molecule has 1 amide bonds. The van der Waals surface area contributed by atoms with Crippen molar-refractivity contribution in [2.45, 2.75) is 39.0 Å². The molecular formula is C16H18N2O2. The van der Waals surface area contributed by atoms with Crippen LogP contribution in [0.3, 0.4) is 0 Å². The summed E-state index contributed by atoms with van der Waals surface area (Å²) in [6.45, 7) is 2.09. The fourth-order valence-corrected chi connectivity index (χ4v) is 2.62. The van der Waals surface area contributed by atoms with Gasteiger partial charge in [0.05, 0.1) is 0 Å². The van der Waals surface area contributed by atoms with Gasteiger partial charge in [-0.05, 0) is 43.4 Å². The molecule has 104 valence electrons. The van der Waals surface area contributed by atoms with Crippen LogP contribution in [-0.2, 0) is 19.3 Å². The molecule has 3 rings (SSSR count). The Morgan fingerprint density at radius 1 is 1.35 bits per heavy atom. The Bertz CT molecular complexity index is 631. The topological polar surface area (TPSA) is 55.1 Å². The molecule has 0 fully saturated rings. The molecule has 0 saturated carbocycles. The van der Waals surface area contributed by atoms with E-state index >= 15 is 0 Å². The van der Waals surface area contributed by atoms with Crippen LogP contribution in [0.2, 0.25) is 0 Å². The Kier molecular flexibility index (Phi) is 3.54. The highest BCUT2D eigenvalue weighted by Gasteiger charge is 2.23. The number of fused-ring (bicyclic) bond motifs is 1. The third-order valence-corrected chi connectivity index (χ3v) is 3.76. The number of anilines is 1. The molecule has 1 aliphatic carbocycles. The van der Waals surface area contributed by atoms with E-state index in [-0.39, 0.29) is 5.91 Å². The summed E-state index contributed by atoms with van der Waals surface area (Å²) in [5.74, 6) is 0.703. The molecule has 0 saturated heterocycles. The maximum Gasteiger partial charge on any atom is 0.278 e. The van der Waals surface area contributed by atoms with Crippen molar-refractivity contribution < 1.29 is 9.32 Å². The molecule has 0 unspecified atom stereocenters. The van der Waals surface area contributed by atoms with Gasteiger partial charge in [-0.1, -0.05) is 24.2 Å². The predicted octanol–water partition coefficient (Wildman–Crippen LogP) is 3.37. The standard InChI is InChI=1S/C16H18N2O2/c1-2-11-6-5-7-12(10-11)17-16(19)15-13-8-3-4-9-14(13)20-18-15/h5-7,10H,2-4,8-9H2,1H3,(H,17,19). The van der Waals surface area contributed by atoms with E-state index < -0.39 is 0 Å². The van der Waals surface area contributed by atoms with Crippen molar-refractivity contribution in [3.8, 4) is 0 Å². The van der Waals surface area contributed by atoms with Gasteiger partial charge in [-0.25, -0.2) is 0 Å². The van der Waals surface area contributed by atoms with E-state index in [4.69, 9.17) is 4.52 Å². The Morgan fingerprint density at radius 3 is 3.05 bits per heavy atom. The molecule has 0 aliphatic heterocycles. The molecule has 1 heterocycles. The van der Waals surface area contributed by atoms with E-state index in [9.17, 15) is 4.79 Å². The smallest absolute Gasteiger partial charge is 0.278 e. The van der Waals surface area contributed by atoms with Gasteiger partial charge in [0.15, 0.2) is 5.69 Å². The molecule has 0 atom stereocenters. The molecule has 1 aliphatic rings. The number of nitrogens with one attached hydrogen (secondary N) is 1. The van der Waals surface area contributed by atoms with Crippen molar-refractivity contribution in [3.05, 3.63) is 46.8 Å². The third-order valence-electron chi connectivity index (χ3n) is 3.76. The fourth-order valence-electron chi connectivity index (χ4n) is 2.62. The van der Waals surface area contributed by atoms with Gasteiger partial charge < -0.3 is 9.84 Å². The number of hydrogen-bond donors (Lipinski definition) is 1. The second kappa shape index (κ2) is 5.49. The Balaban J connectivity index is 1.80. The fraction of sp³-hybridized carbons (Fsp3) is 0.375. The average molecular weight is 270 g/mol. The molecule has 0 spiro atoms. The molecule has 1 aromatic carbocycles. The molecule has 1 N–H and O–H groups in total. The Labute approximate surface area is 118 Å². The van der Waals surface area contributed by atoms with Crippen LogP contribution in [0.1, 0.15) is 47.1 Å². The molecule has 2 aromatic rings. The number of amides is 1. The molecule has 1 aromatic heterocycles. The van der Waals surface area contributed by atoms with Gasteiger partial charge in [0.25, 0.3) is 5.91 Å². The van der Waals surface area contributed by atoms with Crippen LogP contribution in [-0.4, -0.2) is 11.1 Å². The van der Waals surface area contributed by atoms with E-state index in [1.54, 1.807) is 0 Å². The lowest BCUT2D eigenvalue weighted by Crippen LogP contribution is -2.15. The summed E-state index contributed by atoms with van der Waals surface area (Å²) >= 11 is 0. The summed E-state index contributed by atoms with van der Waals surface area (Å²) in [6.07, 6.45) is 4.93. The van der Waals surface area contributed by atoms with Gasteiger partial charge in [-0.2, -0.15) is 0 Å². The van der Waals surface area contributed by atoms with Crippen LogP contribution in [0.25, 0.3) is 0 Å². The normalized spacial score (nSPS) is 13.8. The largest absolute Gasteiger partial charge is 0.360 e. The summed E-state index contributed by atoms with van der Waals surface area (Å²) in [5.41, 5.74) is 3.44. The molecular weight excluding hydrogens is 252 g/mol. The molecule has 20 heavy (non-hydrogen) atoms. The summed E-state index contributed by atoms with van der Waals surface area (Å²) < 4.78 is 5.28. The number of rotatable bonds is 3. The lowest BCUT2D eigenvalue weighted by molar-refractivity contribution is 0.101. The minimum atomic E-state index is -0.176. The number of hydrogen-bond acceptors (Lipinski definition) is 3. The van der Waals surface area contributed by atoms with E-state index in [1.165, 1.54) is 5.56 Å². The first-order valence-corrected chi connectivity index (χ1v) is 7.15. The van der Waals surface area contributed by atoms with Crippen molar-refractivity contribution in [2.75, 3.05) is 5.32 Å². The van der Waals surface area contributed by atoms with Crippen LogP contribution in [0.15, 0.2) is 28.8 Å². The third kappa shape index (κ3) is 2.46. The van der Waals surface area contributed by atoms with Crippen LogP contribution in [0.5, 0.6) is 0 Å². The van der Waals surface area contributed by atoms with Crippen molar-refractivity contribution in [2.24, 2.45) is 0 Å². The van der Waals surface area contributed by atoms with Gasteiger partial charge >= 0.3 is 0 Å². The monoisotopic (exact) mass is 270 g/mol. The lowest BCUT2D eigenvalue weighted by Gasteiger charge is -2.09. The van der Waals surface area contributed by atoms with Crippen molar-refractivity contribution in [1.29, 1.82) is 0 Å².